The molecule has 0 fully saturated rings. The van der Waals surface area contributed by atoms with Gasteiger partial charge in [0.25, 0.3) is 5.91 Å². The van der Waals surface area contributed by atoms with E-state index in [4.69, 9.17) is 5.26 Å². The van der Waals surface area contributed by atoms with E-state index in [1.165, 1.54) is 21.8 Å². The lowest BCUT2D eigenvalue weighted by molar-refractivity contribution is 0.103. The first-order valence-electron chi connectivity index (χ1n) is 7.00. The summed E-state index contributed by atoms with van der Waals surface area (Å²) in [5.41, 5.74) is 2.97. The largest absolute Gasteiger partial charge is 0.321 e. The Bertz CT molecular complexity index is 665. The molecule has 1 aromatic heterocycles. The van der Waals surface area contributed by atoms with Crippen molar-refractivity contribution < 1.29 is 4.79 Å². The van der Waals surface area contributed by atoms with Crippen LogP contribution in [0.15, 0.2) is 30.3 Å². The molecule has 1 N–H and O–H groups in total. The molecule has 0 spiro atoms. The van der Waals surface area contributed by atoms with E-state index in [1.807, 2.05) is 30.3 Å². The third kappa shape index (κ3) is 3.93. The minimum Gasteiger partial charge on any atom is -0.321 e. The second kappa shape index (κ2) is 7.05. The molecule has 108 valence electrons. The van der Waals surface area contributed by atoms with Crippen LogP contribution in [0.2, 0.25) is 0 Å². The lowest BCUT2D eigenvalue weighted by Gasteiger charge is -2.04. The van der Waals surface area contributed by atoms with E-state index in [2.05, 4.69) is 25.2 Å². The fourth-order valence-electron chi connectivity index (χ4n) is 2.14. The normalized spacial score (nSPS) is 10.1. The highest BCUT2D eigenvalue weighted by molar-refractivity contribution is 7.14. The van der Waals surface area contributed by atoms with E-state index in [-0.39, 0.29) is 5.91 Å². The quantitative estimate of drug-likeness (QED) is 0.893. The smallest absolute Gasteiger partial charge is 0.265 e. The van der Waals surface area contributed by atoms with E-state index >= 15 is 0 Å². The first-order valence-corrected chi connectivity index (χ1v) is 7.82. The molecular formula is C17H18N2OS. The average molecular weight is 298 g/mol. The van der Waals surface area contributed by atoms with Crippen LogP contribution in [-0.2, 0) is 12.8 Å². The molecule has 0 atom stereocenters. The lowest BCUT2D eigenvalue weighted by atomic mass is 10.1. The first kappa shape index (κ1) is 15.3. The number of carbonyl (C=O) groups excluding carboxylic acids is 1. The zero-order valence-electron chi connectivity index (χ0n) is 12.3. The second-order valence-corrected chi connectivity index (χ2v) is 6.18. The molecule has 1 heterocycles. The number of thiophene rings is 1. The highest BCUT2D eigenvalue weighted by Gasteiger charge is 2.12. The third-order valence-electron chi connectivity index (χ3n) is 3.26. The lowest BCUT2D eigenvalue weighted by Crippen LogP contribution is -2.10. The van der Waals surface area contributed by atoms with Crippen molar-refractivity contribution in [2.75, 3.05) is 5.32 Å². The summed E-state index contributed by atoms with van der Waals surface area (Å²) < 4.78 is 0. The summed E-state index contributed by atoms with van der Waals surface area (Å²) in [6.07, 6.45) is 2.48. The molecule has 2 rings (SSSR count). The van der Waals surface area contributed by atoms with Crippen LogP contribution >= 0.6 is 11.3 Å². The summed E-state index contributed by atoms with van der Waals surface area (Å²) >= 11 is 1.54. The van der Waals surface area contributed by atoms with Gasteiger partial charge in [-0.1, -0.05) is 25.5 Å². The number of carbonyl (C=O) groups is 1. The number of aryl methyl sites for hydroxylation is 2. The van der Waals surface area contributed by atoms with Crippen molar-refractivity contribution in [3.05, 3.63) is 51.2 Å². The van der Waals surface area contributed by atoms with Gasteiger partial charge in [-0.2, -0.15) is 5.26 Å². The van der Waals surface area contributed by atoms with Gasteiger partial charge in [0.2, 0.25) is 0 Å². The van der Waals surface area contributed by atoms with Gasteiger partial charge in [-0.25, -0.2) is 0 Å². The summed E-state index contributed by atoms with van der Waals surface area (Å²) in [5.74, 6) is -0.0708. The van der Waals surface area contributed by atoms with Crippen LogP contribution in [0.3, 0.4) is 0 Å². The minimum absolute atomic E-state index is 0.0708. The summed E-state index contributed by atoms with van der Waals surface area (Å²) in [6, 6.07) is 11.5. The van der Waals surface area contributed by atoms with Crippen molar-refractivity contribution >= 4 is 22.9 Å². The molecule has 0 aliphatic rings. The fraction of sp³-hybridized carbons (Fsp3) is 0.294. The molecule has 4 heteroatoms. The monoisotopic (exact) mass is 298 g/mol. The topological polar surface area (TPSA) is 52.9 Å². The number of nitrogens with one attached hydrogen (secondary N) is 1. The molecule has 0 bridgehead atoms. The molecule has 3 nitrogen and oxygen atoms in total. The van der Waals surface area contributed by atoms with Gasteiger partial charge in [0.1, 0.15) is 0 Å². The second-order valence-electron chi connectivity index (χ2n) is 4.93. The predicted octanol–water partition coefficient (Wildman–Crippen LogP) is 4.33. The van der Waals surface area contributed by atoms with Crippen LogP contribution in [-0.4, -0.2) is 5.91 Å². The van der Waals surface area contributed by atoms with Crippen molar-refractivity contribution in [2.45, 2.75) is 33.1 Å². The molecule has 1 aromatic carbocycles. The highest BCUT2D eigenvalue weighted by Crippen LogP contribution is 2.24. The maximum absolute atomic E-state index is 12.2. The molecule has 2 aromatic rings. The highest BCUT2D eigenvalue weighted by atomic mass is 32.1. The number of amides is 1. The van der Waals surface area contributed by atoms with E-state index in [0.717, 1.165) is 29.0 Å². The van der Waals surface area contributed by atoms with Crippen LogP contribution in [0.5, 0.6) is 0 Å². The van der Waals surface area contributed by atoms with Crippen LogP contribution in [0, 0.1) is 18.3 Å². The average Bonchev–Trinajstić information content (AvgIpc) is 2.83. The Kier molecular flexibility index (Phi) is 5.13. The van der Waals surface area contributed by atoms with Gasteiger partial charge < -0.3 is 5.32 Å². The number of hydrogen-bond donors (Lipinski definition) is 1. The summed E-state index contributed by atoms with van der Waals surface area (Å²) in [5, 5.41) is 11.5. The summed E-state index contributed by atoms with van der Waals surface area (Å²) in [4.78, 5) is 14.2. The van der Waals surface area contributed by atoms with Crippen molar-refractivity contribution in [2.24, 2.45) is 0 Å². The van der Waals surface area contributed by atoms with Gasteiger partial charge in [0.15, 0.2) is 0 Å². The molecule has 0 aliphatic carbocycles. The van der Waals surface area contributed by atoms with Crippen molar-refractivity contribution in [3.8, 4) is 6.07 Å². The number of nitrogens with zero attached hydrogens (tertiary/aromatic N) is 1. The van der Waals surface area contributed by atoms with Crippen molar-refractivity contribution in [1.82, 2.24) is 0 Å². The summed E-state index contributed by atoms with van der Waals surface area (Å²) in [6.45, 7) is 4.20. The van der Waals surface area contributed by atoms with Gasteiger partial charge in [-0.3, -0.25) is 4.79 Å². The fourth-order valence-corrected chi connectivity index (χ4v) is 3.11. The Hall–Kier alpha value is -2.12. The Labute approximate surface area is 129 Å². The van der Waals surface area contributed by atoms with Gasteiger partial charge >= 0.3 is 0 Å². The first-order chi connectivity index (χ1) is 10.1. The Morgan fingerprint density at radius 3 is 2.67 bits per heavy atom. The summed E-state index contributed by atoms with van der Waals surface area (Å²) in [7, 11) is 0. The van der Waals surface area contributed by atoms with Crippen LogP contribution in [0.4, 0.5) is 5.69 Å². The zero-order chi connectivity index (χ0) is 15.2. The van der Waals surface area contributed by atoms with Gasteiger partial charge in [0, 0.05) is 10.6 Å². The third-order valence-corrected chi connectivity index (χ3v) is 4.35. The Morgan fingerprint density at radius 2 is 2.05 bits per heavy atom. The standard InChI is InChI=1S/C17H18N2OS/c1-3-4-14-11-16(21-12(14)2)17(20)19-15-7-5-13(6-8-15)9-10-18/h5-8,11H,3-4,9H2,1-2H3,(H,19,20). The molecule has 1 amide bonds. The molecule has 0 aliphatic heterocycles. The maximum Gasteiger partial charge on any atom is 0.265 e. The predicted molar refractivity (Wildman–Crippen MR) is 86.8 cm³/mol. The van der Waals surface area contributed by atoms with E-state index in [9.17, 15) is 4.79 Å². The van der Waals surface area contributed by atoms with Crippen LogP contribution in [0.1, 0.15) is 39.0 Å². The Balaban J connectivity index is 2.07. The van der Waals surface area contributed by atoms with E-state index in [1.54, 1.807) is 0 Å². The molecule has 0 saturated heterocycles. The molecular weight excluding hydrogens is 280 g/mol. The SMILES string of the molecule is CCCc1cc(C(=O)Nc2ccc(CC#N)cc2)sc1C. The molecule has 0 saturated carbocycles. The maximum atomic E-state index is 12.2. The van der Waals surface area contributed by atoms with Gasteiger partial charge in [-0.05, 0) is 42.7 Å². The Morgan fingerprint density at radius 1 is 1.33 bits per heavy atom. The minimum atomic E-state index is -0.0708. The van der Waals surface area contributed by atoms with Crippen molar-refractivity contribution in [3.63, 3.8) is 0 Å². The number of benzene rings is 1. The van der Waals surface area contributed by atoms with Gasteiger partial charge in [0.05, 0.1) is 17.4 Å². The number of anilines is 1. The molecule has 0 unspecified atom stereocenters. The van der Waals surface area contributed by atoms with E-state index in [0.29, 0.717) is 6.42 Å². The number of nitriles is 1. The molecule has 21 heavy (non-hydrogen) atoms. The number of rotatable bonds is 5. The van der Waals surface area contributed by atoms with Gasteiger partial charge in [-0.15, -0.1) is 11.3 Å². The number of hydrogen-bond acceptors (Lipinski definition) is 3. The molecule has 0 radical (unpaired) electrons. The zero-order valence-corrected chi connectivity index (χ0v) is 13.1. The van der Waals surface area contributed by atoms with Crippen molar-refractivity contribution in [1.29, 1.82) is 5.26 Å². The van der Waals surface area contributed by atoms with Crippen LogP contribution in [0.25, 0.3) is 0 Å². The van der Waals surface area contributed by atoms with E-state index < -0.39 is 0 Å². The van der Waals surface area contributed by atoms with Crippen LogP contribution < -0.4 is 5.32 Å².